The normalized spacial score (nSPS) is 28.2. The highest BCUT2D eigenvalue weighted by Crippen LogP contribution is 2.33. The minimum absolute atomic E-state index is 0.0338. The average molecular weight is 474 g/mol. The van der Waals surface area contributed by atoms with Gasteiger partial charge in [-0.05, 0) is 32.6 Å². The van der Waals surface area contributed by atoms with Crippen molar-refractivity contribution in [1.82, 2.24) is 13.5 Å². The summed E-state index contributed by atoms with van der Waals surface area (Å²) < 4.78 is 45.8. The van der Waals surface area contributed by atoms with Crippen molar-refractivity contribution < 1.29 is 32.2 Å². The summed E-state index contributed by atoms with van der Waals surface area (Å²) in [6, 6.07) is 0. The number of ether oxygens (including phenoxy) is 3. The standard InChI is InChI=1S/C21H35N3O7S/c1-2-29-20(26)18-4-3-9-22(16-18)19(25)17-5-10-23(11-6-17)32(27,28)24-12-7-21(8-13-24)30-14-15-31-21/h17-18H,2-16H2,1H3. The molecule has 1 amide bonds. The van der Waals surface area contributed by atoms with Crippen LogP contribution in [-0.4, -0.2) is 98.7 Å². The Balaban J connectivity index is 1.28. The van der Waals surface area contributed by atoms with Crippen LogP contribution in [0.2, 0.25) is 0 Å². The number of hydrogen-bond acceptors (Lipinski definition) is 7. The second kappa shape index (κ2) is 9.92. The Morgan fingerprint density at radius 1 is 0.938 bits per heavy atom. The second-order valence-corrected chi connectivity index (χ2v) is 11.0. The molecule has 4 rings (SSSR count). The number of carbonyl (C=O) groups excluding carboxylic acids is 2. The molecule has 0 aromatic heterocycles. The molecule has 4 aliphatic rings. The Hall–Kier alpha value is -1.27. The van der Waals surface area contributed by atoms with Gasteiger partial charge < -0.3 is 19.1 Å². The van der Waals surface area contributed by atoms with Gasteiger partial charge in [-0.15, -0.1) is 0 Å². The minimum atomic E-state index is -3.56. The van der Waals surface area contributed by atoms with Gasteiger partial charge in [-0.25, -0.2) is 0 Å². The van der Waals surface area contributed by atoms with Gasteiger partial charge >= 0.3 is 5.97 Å². The summed E-state index contributed by atoms with van der Waals surface area (Å²) in [6.45, 7) is 5.72. The molecule has 0 aliphatic carbocycles. The molecule has 1 spiro atoms. The molecule has 0 aromatic rings. The molecule has 32 heavy (non-hydrogen) atoms. The highest BCUT2D eigenvalue weighted by molar-refractivity contribution is 7.86. The van der Waals surface area contributed by atoms with Crippen molar-refractivity contribution in [3.05, 3.63) is 0 Å². The molecule has 1 unspecified atom stereocenters. The van der Waals surface area contributed by atoms with E-state index in [0.29, 0.717) is 84.8 Å². The van der Waals surface area contributed by atoms with E-state index in [4.69, 9.17) is 14.2 Å². The summed E-state index contributed by atoms with van der Waals surface area (Å²) in [5.41, 5.74) is 0. The predicted molar refractivity (Wildman–Crippen MR) is 115 cm³/mol. The Morgan fingerprint density at radius 2 is 1.56 bits per heavy atom. The molecular weight excluding hydrogens is 438 g/mol. The van der Waals surface area contributed by atoms with Crippen molar-refractivity contribution in [3.8, 4) is 0 Å². The molecule has 4 heterocycles. The van der Waals surface area contributed by atoms with Gasteiger partial charge in [0, 0.05) is 58.0 Å². The van der Waals surface area contributed by atoms with Crippen molar-refractivity contribution in [2.45, 2.75) is 51.2 Å². The summed E-state index contributed by atoms with van der Waals surface area (Å²) in [4.78, 5) is 26.9. The van der Waals surface area contributed by atoms with Crippen LogP contribution >= 0.6 is 0 Å². The van der Waals surface area contributed by atoms with E-state index in [1.54, 1.807) is 11.8 Å². The van der Waals surface area contributed by atoms with Gasteiger partial charge in [-0.3, -0.25) is 9.59 Å². The first-order chi connectivity index (χ1) is 15.3. The molecule has 182 valence electrons. The van der Waals surface area contributed by atoms with Gasteiger partial charge in [0.15, 0.2) is 5.79 Å². The Bertz CT molecular complexity index is 781. The minimum Gasteiger partial charge on any atom is -0.466 e. The molecule has 0 bridgehead atoms. The van der Waals surface area contributed by atoms with Crippen LogP contribution in [0.1, 0.15) is 45.4 Å². The van der Waals surface area contributed by atoms with Gasteiger partial charge in [0.05, 0.1) is 25.7 Å². The van der Waals surface area contributed by atoms with E-state index >= 15 is 0 Å². The highest BCUT2D eigenvalue weighted by atomic mass is 32.2. The van der Waals surface area contributed by atoms with Crippen molar-refractivity contribution in [3.63, 3.8) is 0 Å². The lowest BCUT2D eigenvalue weighted by Gasteiger charge is -2.41. The fraction of sp³-hybridized carbons (Fsp3) is 0.905. The van der Waals surface area contributed by atoms with E-state index in [9.17, 15) is 18.0 Å². The number of nitrogens with zero attached hydrogens (tertiary/aromatic N) is 3. The number of piperidine rings is 3. The number of esters is 1. The van der Waals surface area contributed by atoms with Crippen molar-refractivity contribution in [2.24, 2.45) is 11.8 Å². The van der Waals surface area contributed by atoms with E-state index in [0.717, 1.165) is 12.8 Å². The topological polar surface area (TPSA) is 106 Å². The first kappa shape index (κ1) is 23.9. The van der Waals surface area contributed by atoms with Gasteiger partial charge in [-0.2, -0.15) is 17.0 Å². The van der Waals surface area contributed by atoms with Crippen molar-refractivity contribution in [2.75, 3.05) is 59.1 Å². The third kappa shape index (κ3) is 4.96. The number of carbonyl (C=O) groups is 2. The molecule has 0 aromatic carbocycles. The summed E-state index contributed by atoms with van der Waals surface area (Å²) in [7, 11) is -3.56. The lowest BCUT2D eigenvalue weighted by Crippen LogP contribution is -2.54. The zero-order valence-corrected chi connectivity index (χ0v) is 19.7. The molecular formula is C21H35N3O7S. The Labute approximate surface area is 190 Å². The summed E-state index contributed by atoms with van der Waals surface area (Å²) in [5, 5.41) is 0. The second-order valence-electron chi connectivity index (χ2n) is 9.06. The van der Waals surface area contributed by atoms with Crippen LogP contribution in [-0.2, 0) is 34.0 Å². The van der Waals surface area contributed by atoms with Crippen molar-refractivity contribution >= 4 is 22.1 Å². The maximum absolute atomic E-state index is 13.1. The lowest BCUT2D eigenvalue weighted by atomic mass is 9.93. The summed E-state index contributed by atoms with van der Waals surface area (Å²) >= 11 is 0. The van der Waals surface area contributed by atoms with Gasteiger partial charge in [0.2, 0.25) is 5.91 Å². The largest absolute Gasteiger partial charge is 0.466 e. The van der Waals surface area contributed by atoms with Crippen LogP contribution in [0.15, 0.2) is 0 Å². The summed E-state index contributed by atoms with van der Waals surface area (Å²) in [6.07, 6.45) is 3.61. The molecule has 1 atom stereocenters. The number of likely N-dealkylation sites (tertiary alicyclic amines) is 1. The number of hydrogen-bond donors (Lipinski definition) is 0. The van der Waals surface area contributed by atoms with Gasteiger partial charge in [0.1, 0.15) is 0 Å². The van der Waals surface area contributed by atoms with Crippen LogP contribution in [0, 0.1) is 11.8 Å². The Kier molecular flexibility index (Phi) is 7.40. The fourth-order valence-electron chi connectivity index (χ4n) is 5.23. The number of rotatable bonds is 5. The van der Waals surface area contributed by atoms with Gasteiger partial charge in [0.25, 0.3) is 10.2 Å². The molecule has 10 nitrogen and oxygen atoms in total. The quantitative estimate of drug-likeness (QED) is 0.538. The van der Waals surface area contributed by atoms with Crippen LogP contribution in [0.5, 0.6) is 0 Å². The molecule has 4 fully saturated rings. The molecule has 4 saturated heterocycles. The zero-order chi connectivity index (χ0) is 22.8. The van der Waals surface area contributed by atoms with Crippen LogP contribution < -0.4 is 0 Å². The smallest absolute Gasteiger partial charge is 0.310 e. The van der Waals surface area contributed by atoms with Crippen LogP contribution in [0.25, 0.3) is 0 Å². The maximum atomic E-state index is 13.1. The van der Waals surface area contributed by atoms with Crippen molar-refractivity contribution in [1.29, 1.82) is 0 Å². The van der Waals surface area contributed by atoms with E-state index in [2.05, 4.69) is 0 Å². The maximum Gasteiger partial charge on any atom is 0.310 e. The third-order valence-electron chi connectivity index (χ3n) is 7.11. The molecule has 11 heteroatoms. The molecule has 4 aliphatic heterocycles. The first-order valence-electron chi connectivity index (χ1n) is 11.8. The molecule has 0 N–H and O–H groups in total. The van der Waals surface area contributed by atoms with E-state index in [-0.39, 0.29) is 23.7 Å². The summed E-state index contributed by atoms with van der Waals surface area (Å²) in [5.74, 6) is -1.27. The van der Waals surface area contributed by atoms with E-state index in [1.807, 2.05) is 0 Å². The highest BCUT2D eigenvalue weighted by Gasteiger charge is 2.44. The predicted octanol–water partition coefficient (Wildman–Crippen LogP) is 0.584. The first-order valence-corrected chi connectivity index (χ1v) is 13.2. The molecule has 0 radical (unpaired) electrons. The average Bonchev–Trinajstić information content (AvgIpc) is 3.27. The third-order valence-corrected chi connectivity index (χ3v) is 9.14. The van der Waals surface area contributed by atoms with Crippen LogP contribution in [0.4, 0.5) is 0 Å². The Morgan fingerprint density at radius 3 is 2.19 bits per heavy atom. The molecule has 0 saturated carbocycles. The van der Waals surface area contributed by atoms with E-state index < -0.39 is 16.0 Å². The lowest BCUT2D eigenvalue weighted by molar-refractivity contribution is -0.179. The van der Waals surface area contributed by atoms with Gasteiger partial charge in [-0.1, -0.05) is 0 Å². The van der Waals surface area contributed by atoms with Crippen LogP contribution in [0.3, 0.4) is 0 Å². The SMILES string of the molecule is CCOC(=O)C1CCCN(C(=O)C2CCN(S(=O)(=O)N3CCC4(CC3)OCCO4)CC2)C1. The monoisotopic (exact) mass is 473 g/mol. The van der Waals surface area contributed by atoms with E-state index in [1.165, 1.54) is 8.61 Å². The number of amides is 1. The zero-order valence-electron chi connectivity index (χ0n) is 18.9. The fourth-order valence-corrected chi connectivity index (χ4v) is 6.87.